The minimum Gasteiger partial charge on any atom is -0.364 e. The SMILES string of the molecule is CSc1ccc(Cl)cc1NS(=O)(=O)c1c[nH]c(C)c1. The number of rotatable bonds is 4. The summed E-state index contributed by atoms with van der Waals surface area (Å²) in [6.07, 6.45) is 3.34. The van der Waals surface area contributed by atoms with Gasteiger partial charge in [-0.25, -0.2) is 8.42 Å². The quantitative estimate of drug-likeness (QED) is 0.849. The van der Waals surface area contributed by atoms with Crippen molar-refractivity contribution in [3.63, 3.8) is 0 Å². The second-order valence-corrected chi connectivity index (χ2v) is 6.94. The summed E-state index contributed by atoms with van der Waals surface area (Å²) in [6.45, 7) is 1.80. The Morgan fingerprint density at radius 2 is 2.05 bits per heavy atom. The van der Waals surface area contributed by atoms with Crippen LogP contribution in [0.5, 0.6) is 0 Å². The first-order valence-electron chi connectivity index (χ1n) is 5.44. The molecule has 102 valence electrons. The Kier molecular flexibility index (Phi) is 4.13. The standard InChI is InChI=1S/C12H13ClN2O2S2/c1-8-5-10(7-14-8)19(16,17)15-11-6-9(13)3-4-12(11)18-2/h3-7,14-15H,1-2H3. The number of anilines is 1. The molecule has 4 nitrogen and oxygen atoms in total. The van der Waals surface area contributed by atoms with Gasteiger partial charge in [0.25, 0.3) is 10.0 Å². The number of thioether (sulfide) groups is 1. The van der Waals surface area contributed by atoms with Crippen molar-refractivity contribution in [3.8, 4) is 0 Å². The highest BCUT2D eigenvalue weighted by Gasteiger charge is 2.17. The molecule has 1 aromatic carbocycles. The molecule has 19 heavy (non-hydrogen) atoms. The van der Waals surface area contributed by atoms with E-state index in [0.29, 0.717) is 10.7 Å². The second-order valence-electron chi connectivity index (χ2n) is 3.97. The Bertz CT molecular complexity index is 696. The second kappa shape index (κ2) is 5.48. The lowest BCUT2D eigenvalue weighted by Crippen LogP contribution is -2.12. The van der Waals surface area contributed by atoms with Crippen LogP contribution < -0.4 is 4.72 Å². The third-order valence-electron chi connectivity index (χ3n) is 2.52. The van der Waals surface area contributed by atoms with Crippen LogP contribution in [-0.2, 0) is 10.0 Å². The molecule has 1 heterocycles. The summed E-state index contributed by atoms with van der Waals surface area (Å²) in [5, 5.41) is 0.487. The fourth-order valence-electron chi connectivity index (χ4n) is 1.60. The zero-order chi connectivity index (χ0) is 14.0. The van der Waals surface area contributed by atoms with Crippen molar-refractivity contribution in [3.05, 3.63) is 41.2 Å². The first-order chi connectivity index (χ1) is 8.92. The van der Waals surface area contributed by atoms with Gasteiger partial charge < -0.3 is 4.98 Å². The predicted molar refractivity (Wildman–Crippen MR) is 79.6 cm³/mol. The van der Waals surface area contributed by atoms with Crippen molar-refractivity contribution in [1.82, 2.24) is 4.98 Å². The Balaban J connectivity index is 2.38. The number of aryl methyl sites for hydroxylation is 1. The topological polar surface area (TPSA) is 62.0 Å². The highest BCUT2D eigenvalue weighted by atomic mass is 35.5. The van der Waals surface area contributed by atoms with Crippen LogP contribution in [-0.4, -0.2) is 19.7 Å². The van der Waals surface area contributed by atoms with Gasteiger partial charge in [-0.05, 0) is 37.4 Å². The molecule has 2 N–H and O–H groups in total. The average molecular weight is 317 g/mol. The summed E-state index contributed by atoms with van der Waals surface area (Å²) in [7, 11) is -3.60. The van der Waals surface area contributed by atoms with Crippen LogP contribution in [0.2, 0.25) is 5.02 Å². The molecule has 0 unspecified atom stereocenters. The molecule has 7 heteroatoms. The highest BCUT2D eigenvalue weighted by molar-refractivity contribution is 7.99. The third-order valence-corrected chi connectivity index (χ3v) is 4.89. The molecule has 0 radical (unpaired) electrons. The first-order valence-corrected chi connectivity index (χ1v) is 8.52. The highest BCUT2D eigenvalue weighted by Crippen LogP contribution is 2.30. The van der Waals surface area contributed by atoms with Crippen LogP contribution in [0.25, 0.3) is 0 Å². The number of sulfonamides is 1. The van der Waals surface area contributed by atoms with Gasteiger partial charge in [0, 0.05) is 21.8 Å². The van der Waals surface area contributed by atoms with Gasteiger partial charge >= 0.3 is 0 Å². The van der Waals surface area contributed by atoms with Gasteiger partial charge in [0.15, 0.2) is 0 Å². The number of hydrogen-bond donors (Lipinski definition) is 2. The summed E-state index contributed by atoms with van der Waals surface area (Å²) in [4.78, 5) is 3.88. The number of hydrogen-bond acceptors (Lipinski definition) is 3. The number of nitrogens with one attached hydrogen (secondary N) is 2. The number of aromatic amines is 1. The normalized spacial score (nSPS) is 11.5. The van der Waals surface area contributed by atoms with Gasteiger partial charge in [-0.1, -0.05) is 11.6 Å². The van der Waals surface area contributed by atoms with E-state index in [-0.39, 0.29) is 4.90 Å². The lowest BCUT2D eigenvalue weighted by Gasteiger charge is -2.10. The van der Waals surface area contributed by atoms with Crippen molar-refractivity contribution in [1.29, 1.82) is 0 Å². The molecule has 0 saturated carbocycles. The van der Waals surface area contributed by atoms with Gasteiger partial charge in [-0.3, -0.25) is 4.72 Å². The lowest BCUT2D eigenvalue weighted by atomic mass is 10.3. The van der Waals surface area contributed by atoms with E-state index in [1.807, 2.05) is 6.26 Å². The lowest BCUT2D eigenvalue weighted by molar-refractivity contribution is 0.601. The van der Waals surface area contributed by atoms with Crippen molar-refractivity contribution >= 4 is 39.1 Å². The summed E-state index contributed by atoms with van der Waals surface area (Å²) in [6, 6.07) is 6.69. The van der Waals surface area contributed by atoms with E-state index >= 15 is 0 Å². The maximum atomic E-state index is 12.2. The van der Waals surface area contributed by atoms with Gasteiger partial charge in [-0.15, -0.1) is 11.8 Å². The van der Waals surface area contributed by atoms with Gasteiger partial charge in [0.2, 0.25) is 0 Å². The van der Waals surface area contributed by atoms with Gasteiger partial charge in [0.05, 0.1) is 5.69 Å². The molecule has 0 spiro atoms. The smallest absolute Gasteiger partial charge is 0.263 e. The van der Waals surface area contributed by atoms with Crippen LogP contribution >= 0.6 is 23.4 Å². The molecule has 1 aromatic heterocycles. The largest absolute Gasteiger partial charge is 0.364 e. The van der Waals surface area contributed by atoms with E-state index in [2.05, 4.69) is 9.71 Å². The molecule has 0 saturated heterocycles. The van der Waals surface area contributed by atoms with Crippen LogP contribution in [0, 0.1) is 6.92 Å². The van der Waals surface area contributed by atoms with Crippen molar-refractivity contribution in [2.24, 2.45) is 0 Å². The Morgan fingerprint density at radius 1 is 1.32 bits per heavy atom. The van der Waals surface area contributed by atoms with Crippen LogP contribution in [0.1, 0.15) is 5.69 Å². The average Bonchev–Trinajstić information content (AvgIpc) is 2.76. The fourth-order valence-corrected chi connectivity index (χ4v) is 3.49. The minimum atomic E-state index is -3.60. The third kappa shape index (κ3) is 3.26. The maximum Gasteiger partial charge on any atom is 0.263 e. The molecule has 0 aliphatic rings. The molecule has 0 aliphatic carbocycles. The van der Waals surface area contributed by atoms with Crippen LogP contribution in [0.15, 0.2) is 40.3 Å². The van der Waals surface area contributed by atoms with Gasteiger partial charge in [0.1, 0.15) is 4.90 Å². The summed E-state index contributed by atoms with van der Waals surface area (Å²) < 4.78 is 27.0. The monoisotopic (exact) mass is 316 g/mol. The van der Waals surface area contributed by atoms with Crippen molar-refractivity contribution in [2.45, 2.75) is 16.7 Å². The van der Waals surface area contributed by atoms with Crippen molar-refractivity contribution in [2.75, 3.05) is 11.0 Å². The summed E-state index contributed by atoms with van der Waals surface area (Å²) in [5.74, 6) is 0. The van der Waals surface area contributed by atoms with E-state index < -0.39 is 10.0 Å². The molecule has 2 rings (SSSR count). The van der Waals surface area contributed by atoms with E-state index in [0.717, 1.165) is 10.6 Å². The molecule has 0 atom stereocenters. The number of aromatic nitrogens is 1. The molecular formula is C12H13ClN2O2S2. The fraction of sp³-hybridized carbons (Fsp3) is 0.167. The summed E-state index contributed by atoms with van der Waals surface area (Å²) in [5.41, 5.74) is 1.27. The summed E-state index contributed by atoms with van der Waals surface area (Å²) >= 11 is 7.35. The number of benzene rings is 1. The Morgan fingerprint density at radius 3 is 2.63 bits per heavy atom. The molecule has 0 fully saturated rings. The van der Waals surface area contributed by atoms with E-state index in [1.54, 1.807) is 31.2 Å². The van der Waals surface area contributed by atoms with E-state index in [4.69, 9.17) is 11.6 Å². The van der Waals surface area contributed by atoms with E-state index in [1.165, 1.54) is 18.0 Å². The molecule has 2 aromatic rings. The van der Waals surface area contributed by atoms with Crippen molar-refractivity contribution < 1.29 is 8.42 Å². The predicted octanol–water partition coefficient (Wildman–Crippen LogP) is 3.50. The maximum absolute atomic E-state index is 12.2. The molecule has 0 aliphatic heterocycles. The molecule has 0 amide bonds. The van der Waals surface area contributed by atoms with E-state index in [9.17, 15) is 8.42 Å². The Hall–Kier alpha value is -1.11. The number of halogens is 1. The molecular weight excluding hydrogens is 304 g/mol. The number of H-pyrrole nitrogens is 1. The Labute approximate surface area is 121 Å². The van der Waals surface area contributed by atoms with Gasteiger partial charge in [-0.2, -0.15) is 0 Å². The van der Waals surface area contributed by atoms with Crippen LogP contribution in [0.3, 0.4) is 0 Å². The van der Waals surface area contributed by atoms with Crippen LogP contribution in [0.4, 0.5) is 5.69 Å². The minimum absolute atomic E-state index is 0.206. The zero-order valence-corrected chi connectivity index (χ0v) is 12.8. The molecule has 0 bridgehead atoms. The first kappa shape index (κ1) is 14.3. The zero-order valence-electron chi connectivity index (χ0n) is 10.4.